The predicted molar refractivity (Wildman–Crippen MR) is 94.4 cm³/mol. The van der Waals surface area contributed by atoms with Crippen LogP contribution in [-0.2, 0) is 9.47 Å². The number of hydrogen-bond acceptors (Lipinski definition) is 3. The first-order valence-corrected chi connectivity index (χ1v) is 7.63. The zero-order valence-electron chi connectivity index (χ0n) is 13.7. The van der Waals surface area contributed by atoms with Crippen LogP contribution in [-0.4, -0.2) is 70.1 Å². The van der Waals surface area contributed by atoms with Crippen LogP contribution >= 0.6 is 24.0 Å². The average Bonchev–Trinajstić information content (AvgIpc) is 2.89. The Morgan fingerprint density at radius 3 is 2.74 bits per heavy atom. The van der Waals surface area contributed by atoms with E-state index in [4.69, 9.17) is 4.74 Å². The van der Waals surface area contributed by atoms with E-state index in [9.17, 15) is 13.2 Å². The molecule has 1 heterocycles. The van der Waals surface area contributed by atoms with Crippen LogP contribution in [0.4, 0.5) is 13.2 Å². The van der Waals surface area contributed by atoms with E-state index in [1.807, 2.05) is 6.92 Å². The molecule has 1 N–H and O–H groups in total. The Morgan fingerprint density at radius 1 is 1.39 bits per heavy atom. The molecule has 0 aromatic rings. The van der Waals surface area contributed by atoms with Crippen molar-refractivity contribution in [1.82, 2.24) is 10.2 Å². The summed E-state index contributed by atoms with van der Waals surface area (Å²) in [5.74, 6) is 1.32. The summed E-state index contributed by atoms with van der Waals surface area (Å²) < 4.78 is 45.5. The molecule has 5 nitrogen and oxygen atoms in total. The Labute approximate surface area is 153 Å². The van der Waals surface area contributed by atoms with Crippen molar-refractivity contribution in [2.45, 2.75) is 25.9 Å². The topological polar surface area (TPSA) is 46.1 Å². The highest BCUT2D eigenvalue weighted by Gasteiger charge is 2.27. The van der Waals surface area contributed by atoms with E-state index in [1.54, 1.807) is 7.11 Å². The fourth-order valence-electron chi connectivity index (χ4n) is 2.36. The second-order valence-corrected chi connectivity index (χ2v) is 5.31. The third-order valence-electron chi connectivity index (χ3n) is 3.30. The first-order chi connectivity index (χ1) is 10.5. The van der Waals surface area contributed by atoms with Crippen molar-refractivity contribution >= 4 is 29.9 Å². The van der Waals surface area contributed by atoms with Gasteiger partial charge in [-0.15, -0.1) is 24.0 Å². The molecule has 23 heavy (non-hydrogen) atoms. The number of nitrogens with zero attached hydrogens (tertiary/aromatic N) is 2. The average molecular weight is 453 g/mol. The number of ether oxygens (including phenoxy) is 2. The van der Waals surface area contributed by atoms with Gasteiger partial charge in [-0.25, -0.2) is 0 Å². The molecule has 0 saturated carbocycles. The highest BCUT2D eigenvalue weighted by atomic mass is 127. The van der Waals surface area contributed by atoms with Gasteiger partial charge < -0.3 is 19.7 Å². The van der Waals surface area contributed by atoms with E-state index in [1.165, 1.54) is 0 Å². The highest BCUT2D eigenvalue weighted by Crippen LogP contribution is 2.16. The molecule has 0 aromatic carbocycles. The van der Waals surface area contributed by atoms with E-state index in [0.29, 0.717) is 18.9 Å². The molecular weight excluding hydrogens is 426 g/mol. The van der Waals surface area contributed by atoms with Crippen molar-refractivity contribution in [2.75, 3.05) is 53.1 Å². The maximum atomic E-state index is 11.9. The monoisotopic (exact) mass is 453 g/mol. The molecular formula is C14H27F3IN3O2. The van der Waals surface area contributed by atoms with Gasteiger partial charge in [0.1, 0.15) is 6.61 Å². The molecule has 138 valence electrons. The zero-order valence-corrected chi connectivity index (χ0v) is 16.0. The summed E-state index contributed by atoms with van der Waals surface area (Å²) in [4.78, 5) is 6.62. The molecule has 1 atom stereocenters. The lowest BCUT2D eigenvalue weighted by Gasteiger charge is -2.21. The summed E-state index contributed by atoms with van der Waals surface area (Å²) in [6.45, 7) is 4.62. The minimum atomic E-state index is -4.26. The van der Waals surface area contributed by atoms with E-state index in [-0.39, 0.29) is 30.6 Å². The largest absolute Gasteiger partial charge is 0.411 e. The maximum Gasteiger partial charge on any atom is 0.411 e. The van der Waals surface area contributed by atoms with Crippen molar-refractivity contribution in [3.63, 3.8) is 0 Å². The van der Waals surface area contributed by atoms with Gasteiger partial charge in [0.05, 0.1) is 6.61 Å². The number of guanidine groups is 1. The molecule has 1 rings (SSSR count). The SMILES string of the molecule is CCNC(=NCCCOCC(F)(F)F)N1CCC(COC)C1.I. The number of rotatable bonds is 8. The molecule has 9 heteroatoms. The van der Waals surface area contributed by atoms with E-state index in [2.05, 4.69) is 19.9 Å². The zero-order chi connectivity index (χ0) is 16.4. The summed E-state index contributed by atoms with van der Waals surface area (Å²) in [5, 5.41) is 3.22. The van der Waals surface area contributed by atoms with Crippen LogP contribution in [0.5, 0.6) is 0 Å². The van der Waals surface area contributed by atoms with Gasteiger partial charge in [-0.2, -0.15) is 13.2 Å². The molecule has 1 fully saturated rings. The van der Waals surface area contributed by atoms with Crippen LogP contribution in [0, 0.1) is 5.92 Å². The Morgan fingerprint density at radius 2 is 2.13 bits per heavy atom. The first kappa shape index (κ1) is 22.7. The summed E-state index contributed by atoms with van der Waals surface area (Å²) in [6.07, 6.45) is -2.72. The van der Waals surface area contributed by atoms with Gasteiger partial charge in [0.15, 0.2) is 5.96 Å². The Balaban J connectivity index is 0.00000484. The fraction of sp³-hybridized carbons (Fsp3) is 0.929. The quantitative estimate of drug-likeness (QED) is 0.266. The van der Waals surface area contributed by atoms with Crippen LogP contribution in [0.15, 0.2) is 4.99 Å². The number of halogens is 4. The minimum absolute atomic E-state index is 0. The number of alkyl halides is 3. The maximum absolute atomic E-state index is 11.9. The van der Waals surface area contributed by atoms with Gasteiger partial charge in [-0.1, -0.05) is 0 Å². The van der Waals surface area contributed by atoms with Crippen LogP contribution in [0.25, 0.3) is 0 Å². The Hall–Kier alpha value is -0.290. The molecule has 0 aliphatic carbocycles. The molecule has 1 aliphatic rings. The Kier molecular flexibility index (Phi) is 12.0. The smallest absolute Gasteiger partial charge is 0.384 e. The normalized spacial score (nSPS) is 18.9. The summed E-state index contributed by atoms with van der Waals surface area (Å²) in [5.41, 5.74) is 0. The minimum Gasteiger partial charge on any atom is -0.384 e. The second-order valence-electron chi connectivity index (χ2n) is 5.31. The number of likely N-dealkylation sites (tertiary alicyclic amines) is 1. The lowest BCUT2D eigenvalue weighted by molar-refractivity contribution is -0.173. The standard InChI is InChI=1S/C14H26F3N3O2.HI/c1-3-18-13(20-7-5-12(9-20)10-21-2)19-6-4-8-22-11-14(15,16)17;/h12H,3-11H2,1-2H3,(H,18,19);1H. The van der Waals surface area contributed by atoms with Crippen molar-refractivity contribution in [1.29, 1.82) is 0 Å². The molecule has 0 bridgehead atoms. The third kappa shape index (κ3) is 10.2. The third-order valence-corrected chi connectivity index (χ3v) is 3.30. The molecule has 1 saturated heterocycles. The van der Waals surface area contributed by atoms with E-state index in [0.717, 1.165) is 38.6 Å². The number of hydrogen-bond donors (Lipinski definition) is 1. The van der Waals surface area contributed by atoms with Crippen LogP contribution in [0.3, 0.4) is 0 Å². The first-order valence-electron chi connectivity index (χ1n) is 7.63. The van der Waals surface area contributed by atoms with Gasteiger partial charge in [-0.05, 0) is 19.8 Å². The summed E-state index contributed by atoms with van der Waals surface area (Å²) in [7, 11) is 1.70. The van der Waals surface area contributed by atoms with Crippen molar-refractivity contribution in [2.24, 2.45) is 10.9 Å². The number of aliphatic imine (C=N–C) groups is 1. The van der Waals surface area contributed by atoms with Gasteiger partial charge >= 0.3 is 6.18 Å². The fourth-order valence-corrected chi connectivity index (χ4v) is 2.36. The Bertz CT molecular complexity index is 344. The van der Waals surface area contributed by atoms with Crippen LogP contribution in [0.2, 0.25) is 0 Å². The summed E-state index contributed by atoms with van der Waals surface area (Å²) >= 11 is 0. The molecule has 0 aromatic heterocycles. The van der Waals surface area contributed by atoms with Crippen molar-refractivity contribution in [3.05, 3.63) is 0 Å². The molecule has 1 aliphatic heterocycles. The highest BCUT2D eigenvalue weighted by molar-refractivity contribution is 14.0. The second kappa shape index (κ2) is 12.1. The lowest BCUT2D eigenvalue weighted by atomic mass is 10.1. The summed E-state index contributed by atoms with van der Waals surface area (Å²) in [6, 6.07) is 0. The molecule has 0 radical (unpaired) electrons. The van der Waals surface area contributed by atoms with E-state index >= 15 is 0 Å². The van der Waals surface area contributed by atoms with Crippen molar-refractivity contribution in [3.8, 4) is 0 Å². The van der Waals surface area contributed by atoms with Crippen LogP contribution in [0.1, 0.15) is 19.8 Å². The molecule has 0 spiro atoms. The van der Waals surface area contributed by atoms with Gasteiger partial charge in [0.25, 0.3) is 0 Å². The number of methoxy groups -OCH3 is 1. The van der Waals surface area contributed by atoms with E-state index < -0.39 is 12.8 Å². The van der Waals surface area contributed by atoms with Gasteiger partial charge in [0, 0.05) is 45.8 Å². The van der Waals surface area contributed by atoms with Crippen LogP contribution < -0.4 is 5.32 Å². The number of nitrogens with one attached hydrogen (secondary N) is 1. The van der Waals surface area contributed by atoms with Gasteiger partial charge in [-0.3, -0.25) is 4.99 Å². The van der Waals surface area contributed by atoms with Gasteiger partial charge in [0.2, 0.25) is 0 Å². The molecule has 1 unspecified atom stereocenters. The predicted octanol–water partition coefficient (Wildman–Crippen LogP) is 2.51. The van der Waals surface area contributed by atoms with Crippen molar-refractivity contribution < 1.29 is 22.6 Å². The lowest BCUT2D eigenvalue weighted by Crippen LogP contribution is -2.40. The molecule has 0 amide bonds.